The second kappa shape index (κ2) is 5.70. The van der Waals surface area contributed by atoms with Crippen LogP contribution in [-0.2, 0) is 5.88 Å². The Labute approximate surface area is 120 Å². The molecule has 19 heavy (non-hydrogen) atoms. The van der Waals surface area contributed by atoms with Crippen LogP contribution in [-0.4, -0.2) is 13.1 Å². The van der Waals surface area contributed by atoms with Crippen molar-refractivity contribution in [2.75, 3.05) is 18.0 Å². The average molecular weight is 284 g/mol. The first-order chi connectivity index (χ1) is 8.91. The summed E-state index contributed by atoms with van der Waals surface area (Å²) < 4.78 is 13.2. The zero-order valence-electron chi connectivity index (χ0n) is 12.0. The van der Waals surface area contributed by atoms with E-state index in [0.717, 1.165) is 30.3 Å². The van der Waals surface area contributed by atoms with Crippen molar-refractivity contribution in [1.29, 1.82) is 0 Å². The minimum atomic E-state index is -0.205. The van der Waals surface area contributed by atoms with Gasteiger partial charge in [-0.15, -0.1) is 11.6 Å². The first-order valence-electron chi connectivity index (χ1n) is 7.01. The van der Waals surface area contributed by atoms with Crippen molar-refractivity contribution in [3.05, 3.63) is 29.6 Å². The van der Waals surface area contributed by atoms with Gasteiger partial charge in [-0.05, 0) is 47.9 Å². The molecule has 0 spiro atoms. The molecular formula is C16H23ClFN. The van der Waals surface area contributed by atoms with Crippen LogP contribution in [0.5, 0.6) is 0 Å². The minimum absolute atomic E-state index is 0.205. The third-order valence-corrected chi connectivity index (χ3v) is 4.53. The lowest BCUT2D eigenvalue weighted by atomic mass is 9.75. The highest BCUT2D eigenvalue weighted by Gasteiger charge is 2.29. The van der Waals surface area contributed by atoms with Crippen LogP contribution in [0.15, 0.2) is 18.2 Å². The molecule has 1 saturated heterocycles. The van der Waals surface area contributed by atoms with E-state index in [-0.39, 0.29) is 5.82 Å². The van der Waals surface area contributed by atoms with Crippen LogP contribution in [0.25, 0.3) is 0 Å². The van der Waals surface area contributed by atoms with Crippen LogP contribution in [0, 0.1) is 17.2 Å². The molecule has 1 aromatic carbocycles. The Morgan fingerprint density at radius 3 is 2.42 bits per heavy atom. The molecule has 1 aromatic rings. The van der Waals surface area contributed by atoms with Gasteiger partial charge in [0.15, 0.2) is 0 Å². The van der Waals surface area contributed by atoms with Gasteiger partial charge in [-0.3, -0.25) is 0 Å². The van der Waals surface area contributed by atoms with Gasteiger partial charge < -0.3 is 4.90 Å². The first-order valence-corrected chi connectivity index (χ1v) is 7.54. The molecule has 1 aliphatic rings. The van der Waals surface area contributed by atoms with Gasteiger partial charge in [0.05, 0.1) is 0 Å². The molecule has 0 aliphatic carbocycles. The number of halogens is 2. The van der Waals surface area contributed by atoms with E-state index >= 15 is 0 Å². The quantitative estimate of drug-likeness (QED) is 0.703. The van der Waals surface area contributed by atoms with Crippen LogP contribution in [0.4, 0.5) is 10.1 Å². The second-order valence-corrected chi connectivity index (χ2v) is 6.80. The third kappa shape index (κ3) is 3.42. The van der Waals surface area contributed by atoms with Gasteiger partial charge in [-0.1, -0.05) is 20.8 Å². The maximum absolute atomic E-state index is 13.2. The molecule has 0 bridgehead atoms. The van der Waals surface area contributed by atoms with Crippen molar-refractivity contribution in [2.45, 2.75) is 39.5 Å². The molecule has 0 aromatic heterocycles. The van der Waals surface area contributed by atoms with Crippen molar-refractivity contribution >= 4 is 17.3 Å². The lowest BCUT2D eigenvalue weighted by molar-refractivity contribution is 0.199. The molecule has 106 valence electrons. The van der Waals surface area contributed by atoms with E-state index in [1.165, 1.54) is 18.9 Å². The summed E-state index contributed by atoms with van der Waals surface area (Å²) in [4.78, 5) is 2.35. The molecule has 1 fully saturated rings. The van der Waals surface area contributed by atoms with Gasteiger partial charge in [-0.25, -0.2) is 4.39 Å². The standard InChI is InChI=1S/C16H23ClFN/c1-16(2,3)13-6-8-19(9-7-13)15-5-4-14(18)10-12(15)11-17/h4-5,10,13H,6-9,11H2,1-3H3. The Hall–Kier alpha value is -0.760. The van der Waals surface area contributed by atoms with E-state index in [1.54, 1.807) is 6.07 Å². The predicted octanol–water partition coefficient (Wildman–Crippen LogP) is 4.83. The molecular weight excluding hydrogens is 261 g/mol. The summed E-state index contributed by atoms with van der Waals surface area (Å²) in [5, 5.41) is 0. The summed E-state index contributed by atoms with van der Waals surface area (Å²) in [5.41, 5.74) is 2.38. The van der Waals surface area contributed by atoms with Crippen LogP contribution < -0.4 is 4.90 Å². The smallest absolute Gasteiger partial charge is 0.123 e. The average Bonchev–Trinajstić information content (AvgIpc) is 2.37. The summed E-state index contributed by atoms with van der Waals surface area (Å²) in [5.74, 6) is 0.930. The first kappa shape index (κ1) is 14.6. The monoisotopic (exact) mass is 283 g/mol. The molecule has 1 aliphatic heterocycles. The number of piperidine rings is 1. The fraction of sp³-hybridized carbons (Fsp3) is 0.625. The Bertz CT molecular complexity index is 431. The van der Waals surface area contributed by atoms with E-state index in [0.29, 0.717) is 11.3 Å². The zero-order chi connectivity index (χ0) is 14.0. The third-order valence-electron chi connectivity index (χ3n) is 4.25. The summed E-state index contributed by atoms with van der Waals surface area (Å²) in [6.45, 7) is 9.02. The maximum atomic E-state index is 13.2. The van der Waals surface area contributed by atoms with E-state index in [1.807, 2.05) is 6.07 Å². The topological polar surface area (TPSA) is 3.24 Å². The molecule has 1 heterocycles. The molecule has 0 radical (unpaired) electrons. The maximum Gasteiger partial charge on any atom is 0.123 e. The van der Waals surface area contributed by atoms with Crippen LogP contribution in [0.1, 0.15) is 39.2 Å². The molecule has 0 N–H and O–H groups in total. The number of hydrogen-bond acceptors (Lipinski definition) is 1. The summed E-state index contributed by atoms with van der Waals surface area (Å²) in [6, 6.07) is 4.95. The number of anilines is 1. The van der Waals surface area contributed by atoms with Gasteiger partial charge >= 0.3 is 0 Å². The van der Waals surface area contributed by atoms with Crippen molar-refractivity contribution in [2.24, 2.45) is 11.3 Å². The van der Waals surface area contributed by atoms with Gasteiger partial charge in [-0.2, -0.15) is 0 Å². The van der Waals surface area contributed by atoms with Gasteiger partial charge in [0.1, 0.15) is 5.82 Å². The van der Waals surface area contributed by atoms with Crippen LogP contribution in [0.2, 0.25) is 0 Å². The minimum Gasteiger partial charge on any atom is -0.371 e. The second-order valence-electron chi connectivity index (χ2n) is 6.53. The number of nitrogens with zero attached hydrogens (tertiary/aromatic N) is 1. The fourth-order valence-electron chi connectivity index (χ4n) is 2.96. The normalized spacial score (nSPS) is 17.8. The van der Waals surface area contributed by atoms with E-state index in [9.17, 15) is 4.39 Å². The Morgan fingerprint density at radius 2 is 1.89 bits per heavy atom. The van der Waals surface area contributed by atoms with E-state index < -0.39 is 0 Å². The Kier molecular flexibility index (Phi) is 4.39. The molecule has 0 atom stereocenters. The zero-order valence-corrected chi connectivity index (χ0v) is 12.8. The van der Waals surface area contributed by atoms with E-state index in [2.05, 4.69) is 25.7 Å². The Morgan fingerprint density at radius 1 is 1.26 bits per heavy atom. The van der Waals surface area contributed by atoms with Crippen molar-refractivity contribution in [1.82, 2.24) is 0 Å². The molecule has 2 rings (SSSR count). The van der Waals surface area contributed by atoms with Gasteiger partial charge in [0.25, 0.3) is 0 Å². The summed E-state index contributed by atoms with van der Waals surface area (Å²) in [7, 11) is 0. The summed E-state index contributed by atoms with van der Waals surface area (Å²) >= 11 is 5.93. The number of benzene rings is 1. The molecule has 0 unspecified atom stereocenters. The lowest BCUT2D eigenvalue weighted by Crippen LogP contribution is -2.38. The van der Waals surface area contributed by atoms with Crippen molar-refractivity contribution < 1.29 is 4.39 Å². The Balaban J connectivity index is 2.10. The fourth-order valence-corrected chi connectivity index (χ4v) is 3.17. The molecule has 1 nitrogen and oxygen atoms in total. The highest BCUT2D eigenvalue weighted by molar-refractivity contribution is 6.17. The molecule has 0 amide bonds. The highest BCUT2D eigenvalue weighted by atomic mass is 35.5. The van der Waals surface area contributed by atoms with Gasteiger partial charge in [0, 0.05) is 24.7 Å². The van der Waals surface area contributed by atoms with E-state index in [4.69, 9.17) is 11.6 Å². The van der Waals surface area contributed by atoms with Crippen LogP contribution in [0.3, 0.4) is 0 Å². The lowest BCUT2D eigenvalue weighted by Gasteiger charge is -2.40. The predicted molar refractivity (Wildman–Crippen MR) is 80.3 cm³/mol. The highest BCUT2D eigenvalue weighted by Crippen LogP contribution is 2.36. The SMILES string of the molecule is CC(C)(C)C1CCN(c2ccc(F)cc2CCl)CC1. The summed E-state index contributed by atoms with van der Waals surface area (Å²) in [6.07, 6.45) is 2.39. The van der Waals surface area contributed by atoms with Gasteiger partial charge in [0.2, 0.25) is 0 Å². The van der Waals surface area contributed by atoms with Crippen LogP contribution >= 0.6 is 11.6 Å². The number of alkyl halides is 1. The molecule has 3 heteroatoms. The molecule has 0 saturated carbocycles. The van der Waals surface area contributed by atoms with Crippen molar-refractivity contribution in [3.63, 3.8) is 0 Å². The van der Waals surface area contributed by atoms with Crippen molar-refractivity contribution in [3.8, 4) is 0 Å². The largest absolute Gasteiger partial charge is 0.371 e. The number of rotatable bonds is 2. The number of hydrogen-bond donors (Lipinski definition) is 0.